The molecule has 1 atom stereocenters. The van der Waals surface area contributed by atoms with E-state index < -0.39 is 5.97 Å². The van der Waals surface area contributed by atoms with Gasteiger partial charge in [0.15, 0.2) is 0 Å². The van der Waals surface area contributed by atoms with Gasteiger partial charge in [0.2, 0.25) is 0 Å². The van der Waals surface area contributed by atoms with Gasteiger partial charge in [0.1, 0.15) is 12.4 Å². The number of ether oxygens (including phenoxy) is 2. The van der Waals surface area contributed by atoms with Crippen molar-refractivity contribution in [2.75, 3.05) is 19.8 Å². The van der Waals surface area contributed by atoms with Crippen LogP contribution in [0.2, 0.25) is 0 Å². The molecule has 0 spiro atoms. The number of hydrogen-bond acceptors (Lipinski definition) is 3. The maximum Gasteiger partial charge on any atom is 0.335 e. The average Bonchev–Trinajstić information content (AvgIpc) is 2.83. The van der Waals surface area contributed by atoms with Crippen molar-refractivity contribution in [3.8, 4) is 17.6 Å². The molecule has 0 bridgehead atoms. The topological polar surface area (TPSA) is 55.8 Å². The second-order valence-corrected chi connectivity index (χ2v) is 11.0. The highest BCUT2D eigenvalue weighted by Gasteiger charge is 2.40. The SMILES string of the molecule is CCOCCOc1cc(C(C)(C#Cc2ccc(C(=O)O)cc2)CC)cc2c1C(C)(C)CCC2(C)C. The number of carboxylic acid groups (broad SMARTS) is 1. The van der Waals surface area contributed by atoms with Gasteiger partial charge in [-0.2, -0.15) is 0 Å². The monoisotopic (exact) mass is 476 g/mol. The molecule has 3 rings (SSSR count). The summed E-state index contributed by atoms with van der Waals surface area (Å²) in [5, 5.41) is 9.16. The van der Waals surface area contributed by atoms with Crippen LogP contribution in [0.1, 0.15) is 100 Å². The molecule has 1 unspecified atom stereocenters. The zero-order valence-corrected chi connectivity index (χ0v) is 22.4. The van der Waals surface area contributed by atoms with Gasteiger partial charge in [0.05, 0.1) is 17.6 Å². The fourth-order valence-electron chi connectivity index (χ4n) is 4.79. The van der Waals surface area contributed by atoms with Crippen LogP contribution >= 0.6 is 0 Å². The summed E-state index contributed by atoms with van der Waals surface area (Å²) in [5.74, 6) is 6.82. The number of carbonyl (C=O) groups is 1. The lowest BCUT2D eigenvalue weighted by Crippen LogP contribution is -2.35. The zero-order valence-electron chi connectivity index (χ0n) is 22.4. The fourth-order valence-corrected chi connectivity index (χ4v) is 4.79. The zero-order chi connectivity index (χ0) is 25.9. The normalized spacial score (nSPS) is 17.5. The van der Waals surface area contributed by atoms with Crippen LogP contribution in [0.4, 0.5) is 0 Å². The van der Waals surface area contributed by atoms with Gasteiger partial charge in [0.25, 0.3) is 0 Å². The molecule has 4 heteroatoms. The molecule has 0 saturated heterocycles. The summed E-state index contributed by atoms with van der Waals surface area (Å²) in [6, 6.07) is 11.3. The highest BCUT2D eigenvalue weighted by molar-refractivity contribution is 5.87. The summed E-state index contributed by atoms with van der Waals surface area (Å²) in [6.45, 7) is 17.4. The van der Waals surface area contributed by atoms with E-state index in [0.29, 0.717) is 19.8 Å². The number of aromatic carboxylic acids is 1. The van der Waals surface area contributed by atoms with E-state index in [1.54, 1.807) is 24.3 Å². The van der Waals surface area contributed by atoms with E-state index in [9.17, 15) is 4.79 Å². The van der Waals surface area contributed by atoms with Crippen LogP contribution < -0.4 is 4.74 Å². The van der Waals surface area contributed by atoms with Crippen LogP contribution in [0.5, 0.6) is 5.75 Å². The van der Waals surface area contributed by atoms with Crippen molar-refractivity contribution < 1.29 is 19.4 Å². The minimum Gasteiger partial charge on any atom is -0.491 e. The Morgan fingerprint density at radius 2 is 1.69 bits per heavy atom. The molecule has 0 aromatic heterocycles. The van der Waals surface area contributed by atoms with E-state index in [-0.39, 0.29) is 21.8 Å². The molecule has 0 radical (unpaired) electrons. The van der Waals surface area contributed by atoms with Crippen molar-refractivity contribution in [1.82, 2.24) is 0 Å². The molecule has 1 aliphatic rings. The van der Waals surface area contributed by atoms with E-state index in [0.717, 1.165) is 36.1 Å². The first kappa shape index (κ1) is 26.8. The summed E-state index contributed by atoms with van der Waals surface area (Å²) in [4.78, 5) is 11.2. The molecule has 0 fully saturated rings. The standard InChI is InChI=1S/C31H40O4/c1-8-31(7,15-14-22-10-12-23(13-11-22)28(32)33)24-20-25-27(26(21-24)35-19-18-34-9-2)30(5,6)17-16-29(25,3)4/h10-13,20-21H,8-9,16-19H2,1-7H3,(H,32,33). The summed E-state index contributed by atoms with van der Waals surface area (Å²) < 4.78 is 11.9. The van der Waals surface area contributed by atoms with Crippen LogP contribution in [-0.2, 0) is 21.0 Å². The minimum atomic E-state index is -0.931. The molecule has 0 amide bonds. The largest absolute Gasteiger partial charge is 0.491 e. The Morgan fingerprint density at radius 1 is 1.03 bits per heavy atom. The Bertz CT molecular complexity index is 1120. The molecule has 35 heavy (non-hydrogen) atoms. The Hall–Kier alpha value is -2.77. The van der Waals surface area contributed by atoms with Gasteiger partial charge in [-0.1, -0.05) is 52.5 Å². The van der Waals surface area contributed by atoms with Crippen LogP contribution in [-0.4, -0.2) is 30.9 Å². The summed E-state index contributed by atoms with van der Waals surface area (Å²) in [5.41, 5.74) is 4.60. The lowest BCUT2D eigenvalue weighted by Gasteiger charge is -2.43. The Morgan fingerprint density at radius 3 is 2.29 bits per heavy atom. The molecule has 1 N–H and O–H groups in total. The van der Waals surface area contributed by atoms with Crippen molar-refractivity contribution in [2.24, 2.45) is 0 Å². The Kier molecular flexibility index (Phi) is 8.02. The third kappa shape index (κ3) is 5.90. The number of fused-ring (bicyclic) bond motifs is 1. The maximum absolute atomic E-state index is 11.2. The van der Waals surface area contributed by atoms with Gasteiger partial charge < -0.3 is 14.6 Å². The number of benzene rings is 2. The van der Waals surface area contributed by atoms with Crippen molar-refractivity contribution in [1.29, 1.82) is 0 Å². The molecule has 0 heterocycles. The first-order valence-corrected chi connectivity index (χ1v) is 12.7. The molecule has 0 aliphatic heterocycles. The van der Waals surface area contributed by atoms with Gasteiger partial charge in [-0.3, -0.25) is 0 Å². The average molecular weight is 477 g/mol. The van der Waals surface area contributed by atoms with Gasteiger partial charge in [-0.15, -0.1) is 0 Å². The fraction of sp³-hybridized carbons (Fsp3) is 0.516. The molecule has 2 aromatic rings. The second-order valence-electron chi connectivity index (χ2n) is 11.0. The molecule has 0 saturated carbocycles. The highest BCUT2D eigenvalue weighted by Crippen LogP contribution is 2.51. The molecule has 188 valence electrons. The van der Waals surface area contributed by atoms with Crippen molar-refractivity contribution in [3.05, 3.63) is 64.2 Å². The predicted molar refractivity (Wildman–Crippen MR) is 142 cm³/mol. The van der Waals surface area contributed by atoms with Crippen LogP contribution in [0.15, 0.2) is 36.4 Å². The molecule has 2 aromatic carbocycles. The van der Waals surface area contributed by atoms with Gasteiger partial charge in [-0.25, -0.2) is 4.79 Å². The third-order valence-electron chi connectivity index (χ3n) is 7.53. The number of hydrogen-bond donors (Lipinski definition) is 1. The summed E-state index contributed by atoms with van der Waals surface area (Å²) >= 11 is 0. The Balaban J connectivity index is 2.09. The second kappa shape index (κ2) is 10.5. The Labute approximate surface area is 211 Å². The van der Waals surface area contributed by atoms with E-state index >= 15 is 0 Å². The third-order valence-corrected chi connectivity index (χ3v) is 7.53. The summed E-state index contributed by atoms with van der Waals surface area (Å²) in [6.07, 6.45) is 3.08. The first-order chi connectivity index (χ1) is 16.4. The van der Waals surface area contributed by atoms with Crippen molar-refractivity contribution >= 4 is 5.97 Å². The smallest absolute Gasteiger partial charge is 0.335 e. The van der Waals surface area contributed by atoms with Gasteiger partial charge in [-0.05, 0) is 85.4 Å². The lowest BCUT2D eigenvalue weighted by molar-refractivity contribution is 0.0697. The number of carboxylic acids is 1. The summed E-state index contributed by atoms with van der Waals surface area (Å²) in [7, 11) is 0. The van der Waals surface area contributed by atoms with Crippen molar-refractivity contribution in [2.45, 2.75) is 84.0 Å². The molecule has 1 aliphatic carbocycles. The van der Waals surface area contributed by atoms with Gasteiger partial charge in [0, 0.05) is 17.7 Å². The predicted octanol–water partition coefficient (Wildman–Crippen LogP) is 6.87. The molecular weight excluding hydrogens is 436 g/mol. The molecular formula is C31H40O4. The molecule has 4 nitrogen and oxygen atoms in total. The lowest BCUT2D eigenvalue weighted by atomic mass is 9.61. The quantitative estimate of drug-likeness (QED) is 0.334. The highest BCUT2D eigenvalue weighted by atomic mass is 16.5. The first-order valence-electron chi connectivity index (χ1n) is 12.7. The van der Waals surface area contributed by atoms with E-state index in [2.05, 4.69) is 65.5 Å². The van der Waals surface area contributed by atoms with Crippen LogP contribution in [0.3, 0.4) is 0 Å². The van der Waals surface area contributed by atoms with Crippen molar-refractivity contribution in [3.63, 3.8) is 0 Å². The van der Waals surface area contributed by atoms with E-state index in [1.165, 1.54) is 11.1 Å². The van der Waals surface area contributed by atoms with Crippen LogP contribution in [0, 0.1) is 11.8 Å². The minimum absolute atomic E-state index is 0.0323. The van der Waals surface area contributed by atoms with E-state index in [1.807, 2.05) is 6.92 Å². The maximum atomic E-state index is 11.2. The van der Waals surface area contributed by atoms with Crippen LogP contribution in [0.25, 0.3) is 0 Å². The van der Waals surface area contributed by atoms with E-state index in [4.69, 9.17) is 14.6 Å². The van der Waals surface area contributed by atoms with Gasteiger partial charge >= 0.3 is 5.97 Å². The number of rotatable bonds is 8.